The van der Waals surface area contributed by atoms with Crippen molar-refractivity contribution < 1.29 is 19.2 Å². The van der Waals surface area contributed by atoms with Gasteiger partial charge in [-0.15, -0.1) is 6.58 Å². The predicted molar refractivity (Wildman–Crippen MR) is 85.5 cm³/mol. The van der Waals surface area contributed by atoms with E-state index in [1.54, 1.807) is 6.07 Å². The molecule has 2 heterocycles. The van der Waals surface area contributed by atoms with Crippen LogP contribution in [0.5, 0.6) is 0 Å². The quantitative estimate of drug-likeness (QED) is 0.344. The van der Waals surface area contributed by atoms with Gasteiger partial charge in [0.05, 0.1) is 6.54 Å². The zero-order chi connectivity index (χ0) is 17.6. The number of aromatic nitrogens is 1. The fraction of sp³-hybridized carbons (Fsp3) is 0.412. The van der Waals surface area contributed by atoms with Crippen LogP contribution in [0, 0.1) is 13.8 Å². The second-order valence-corrected chi connectivity index (χ2v) is 6.19. The van der Waals surface area contributed by atoms with E-state index in [9.17, 15) is 19.2 Å². The van der Waals surface area contributed by atoms with Gasteiger partial charge in [-0.3, -0.25) is 19.3 Å². The Hall–Kier alpha value is -2.70. The van der Waals surface area contributed by atoms with Crippen LogP contribution in [0.25, 0.3) is 0 Å². The van der Waals surface area contributed by atoms with Gasteiger partial charge in [0.15, 0.2) is 5.78 Å². The molecule has 0 atom stereocenters. The number of rotatable bonds is 6. The third-order valence-corrected chi connectivity index (χ3v) is 4.45. The second-order valence-electron chi connectivity index (χ2n) is 6.19. The smallest absolute Gasteiger partial charge is 0.334 e. The SMILES string of the molecule is C=CCN1C(=O)C(=O)N(CC(=O)c2cc(C)n(C3CC3)c2C)C1=O. The van der Waals surface area contributed by atoms with Gasteiger partial charge in [-0.05, 0) is 32.8 Å². The van der Waals surface area contributed by atoms with E-state index >= 15 is 0 Å². The van der Waals surface area contributed by atoms with Gasteiger partial charge in [-0.2, -0.15) is 0 Å². The third-order valence-electron chi connectivity index (χ3n) is 4.45. The van der Waals surface area contributed by atoms with E-state index in [1.165, 1.54) is 6.08 Å². The monoisotopic (exact) mass is 329 g/mol. The third kappa shape index (κ3) is 2.46. The summed E-state index contributed by atoms with van der Waals surface area (Å²) in [5, 5.41) is 0. The van der Waals surface area contributed by atoms with Gasteiger partial charge in [0, 0.05) is 29.5 Å². The number of amides is 4. The average Bonchev–Trinajstić information content (AvgIpc) is 3.29. The van der Waals surface area contributed by atoms with Gasteiger partial charge in [-0.1, -0.05) is 6.08 Å². The van der Waals surface area contributed by atoms with Crippen LogP contribution in [0.4, 0.5) is 4.79 Å². The van der Waals surface area contributed by atoms with Gasteiger partial charge >= 0.3 is 17.8 Å². The highest BCUT2D eigenvalue weighted by molar-refractivity contribution is 6.45. The number of carbonyl (C=O) groups excluding carboxylic acids is 4. The summed E-state index contributed by atoms with van der Waals surface area (Å²) in [7, 11) is 0. The molecule has 0 radical (unpaired) electrons. The highest BCUT2D eigenvalue weighted by atomic mass is 16.2. The number of carbonyl (C=O) groups is 4. The Balaban J connectivity index is 1.81. The first kappa shape index (κ1) is 16.2. The van der Waals surface area contributed by atoms with Crippen LogP contribution >= 0.6 is 0 Å². The maximum atomic E-state index is 12.6. The van der Waals surface area contributed by atoms with Crippen LogP contribution in [0.2, 0.25) is 0 Å². The molecule has 4 amide bonds. The molecule has 7 nitrogen and oxygen atoms in total. The maximum absolute atomic E-state index is 12.6. The normalized spacial score (nSPS) is 17.8. The molecule has 1 saturated carbocycles. The lowest BCUT2D eigenvalue weighted by Crippen LogP contribution is -2.37. The summed E-state index contributed by atoms with van der Waals surface area (Å²) in [5.41, 5.74) is 2.32. The maximum Gasteiger partial charge on any atom is 0.334 e. The lowest BCUT2D eigenvalue weighted by Gasteiger charge is -2.13. The first-order valence-corrected chi connectivity index (χ1v) is 7.86. The first-order valence-electron chi connectivity index (χ1n) is 7.86. The lowest BCUT2D eigenvalue weighted by atomic mass is 10.1. The van der Waals surface area contributed by atoms with Crippen LogP contribution < -0.4 is 0 Å². The van der Waals surface area contributed by atoms with Crippen molar-refractivity contribution >= 4 is 23.6 Å². The molecule has 126 valence electrons. The molecule has 24 heavy (non-hydrogen) atoms. The fourth-order valence-electron chi connectivity index (χ4n) is 3.16. The molecule has 3 rings (SSSR count). The van der Waals surface area contributed by atoms with Crippen molar-refractivity contribution in [3.05, 3.63) is 35.7 Å². The van der Waals surface area contributed by atoms with E-state index in [0.29, 0.717) is 16.5 Å². The van der Waals surface area contributed by atoms with Crippen LogP contribution in [-0.2, 0) is 9.59 Å². The summed E-state index contributed by atoms with van der Waals surface area (Å²) in [4.78, 5) is 50.0. The Morgan fingerprint density at radius 3 is 2.42 bits per heavy atom. The molecular weight excluding hydrogens is 310 g/mol. The van der Waals surface area contributed by atoms with Crippen molar-refractivity contribution in [3.8, 4) is 0 Å². The molecule has 0 aromatic carbocycles. The zero-order valence-electron chi connectivity index (χ0n) is 13.7. The minimum atomic E-state index is -0.966. The van der Waals surface area contributed by atoms with Crippen LogP contribution in [0.1, 0.15) is 40.6 Å². The summed E-state index contributed by atoms with van der Waals surface area (Å²) < 4.78 is 2.12. The number of urea groups is 1. The molecule has 1 aliphatic carbocycles. The Morgan fingerprint density at radius 2 is 1.83 bits per heavy atom. The predicted octanol–water partition coefficient (Wildman–Crippen LogP) is 1.60. The Labute approximate surface area is 139 Å². The standard InChI is InChI=1S/C17H19N3O4/c1-4-7-18-15(22)16(23)19(17(18)24)9-14(21)13-8-10(2)20(11(13)3)12-5-6-12/h4,8,12H,1,5-7,9H2,2-3H3. The fourth-order valence-corrected chi connectivity index (χ4v) is 3.16. The number of ketones is 1. The van der Waals surface area contributed by atoms with E-state index in [-0.39, 0.29) is 12.3 Å². The van der Waals surface area contributed by atoms with Crippen molar-refractivity contribution in [1.82, 2.24) is 14.4 Å². The topological polar surface area (TPSA) is 79.7 Å². The van der Waals surface area contributed by atoms with E-state index in [0.717, 1.165) is 29.1 Å². The highest BCUT2D eigenvalue weighted by Crippen LogP contribution is 2.38. The Morgan fingerprint density at radius 1 is 1.21 bits per heavy atom. The number of Topliss-reactive ketones (excluding diaryl/α,β-unsaturated/α-hetero) is 1. The molecule has 1 aliphatic heterocycles. The minimum Gasteiger partial charge on any atom is -0.345 e. The molecule has 1 aromatic heterocycles. The van der Waals surface area contributed by atoms with E-state index in [4.69, 9.17) is 0 Å². The number of imide groups is 2. The van der Waals surface area contributed by atoms with Gasteiger partial charge in [0.25, 0.3) is 0 Å². The van der Waals surface area contributed by atoms with Gasteiger partial charge < -0.3 is 4.57 Å². The largest absolute Gasteiger partial charge is 0.345 e. The Kier molecular flexibility index (Phi) is 3.87. The van der Waals surface area contributed by atoms with Gasteiger partial charge in [0.1, 0.15) is 0 Å². The summed E-state index contributed by atoms with van der Waals surface area (Å²) >= 11 is 0. The molecule has 2 aliphatic rings. The van der Waals surface area contributed by atoms with Crippen molar-refractivity contribution in [2.75, 3.05) is 13.1 Å². The van der Waals surface area contributed by atoms with Crippen molar-refractivity contribution in [1.29, 1.82) is 0 Å². The van der Waals surface area contributed by atoms with Crippen molar-refractivity contribution in [2.24, 2.45) is 0 Å². The van der Waals surface area contributed by atoms with Crippen LogP contribution in [0.3, 0.4) is 0 Å². The summed E-state index contributed by atoms with van der Waals surface area (Å²) in [6.07, 6.45) is 3.55. The summed E-state index contributed by atoms with van der Waals surface area (Å²) in [6, 6.07) is 1.45. The van der Waals surface area contributed by atoms with Crippen molar-refractivity contribution in [2.45, 2.75) is 32.7 Å². The number of hydrogen-bond donors (Lipinski definition) is 0. The molecule has 7 heteroatoms. The van der Waals surface area contributed by atoms with Gasteiger partial charge in [0.2, 0.25) is 0 Å². The molecule has 0 spiro atoms. The van der Waals surface area contributed by atoms with E-state index < -0.39 is 24.4 Å². The minimum absolute atomic E-state index is 0.0513. The number of nitrogens with zero attached hydrogens (tertiary/aromatic N) is 3. The van der Waals surface area contributed by atoms with Crippen LogP contribution in [-0.4, -0.2) is 51.1 Å². The van der Waals surface area contributed by atoms with Crippen molar-refractivity contribution in [3.63, 3.8) is 0 Å². The molecule has 0 N–H and O–H groups in total. The van der Waals surface area contributed by atoms with Crippen LogP contribution in [0.15, 0.2) is 18.7 Å². The molecule has 0 bridgehead atoms. The molecule has 1 aromatic rings. The highest BCUT2D eigenvalue weighted by Gasteiger charge is 2.44. The number of hydrogen-bond acceptors (Lipinski definition) is 4. The second kappa shape index (κ2) is 5.74. The summed E-state index contributed by atoms with van der Waals surface area (Å²) in [6.45, 7) is 6.77. The van der Waals surface area contributed by atoms with Gasteiger partial charge in [-0.25, -0.2) is 9.69 Å². The van der Waals surface area contributed by atoms with E-state index in [2.05, 4.69) is 11.1 Å². The molecular formula is C17H19N3O4. The number of aryl methyl sites for hydroxylation is 1. The first-order chi connectivity index (χ1) is 11.4. The van der Waals surface area contributed by atoms with E-state index in [1.807, 2.05) is 13.8 Å². The average molecular weight is 329 g/mol. The molecule has 0 unspecified atom stereocenters. The zero-order valence-corrected chi connectivity index (χ0v) is 13.7. The lowest BCUT2D eigenvalue weighted by molar-refractivity contribution is -0.142. The molecule has 1 saturated heterocycles. The Bertz CT molecular complexity index is 773. The molecule has 2 fully saturated rings. The summed E-state index contributed by atoms with van der Waals surface area (Å²) in [5.74, 6) is -2.23.